The van der Waals surface area contributed by atoms with Gasteiger partial charge in [-0.3, -0.25) is 9.78 Å². The van der Waals surface area contributed by atoms with E-state index in [1.165, 1.54) is 0 Å². The molecule has 1 fully saturated rings. The van der Waals surface area contributed by atoms with Crippen molar-refractivity contribution >= 4 is 5.97 Å². The maximum absolute atomic E-state index is 11.9. The fraction of sp³-hybridized carbons (Fsp3) is 0.667. The molecule has 21 heavy (non-hydrogen) atoms. The maximum atomic E-state index is 11.9. The third-order valence-electron chi connectivity index (χ3n) is 5.24. The van der Waals surface area contributed by atoms with Crippen molar-refractivity contribution in [3.8, 4) is 0 Å². The fourth-order valence-corrected chi connectivity index (χ4v) is 3.53. The van der Waals surface area contributed by atoms with Crippen molar-refractivity contribution in [1.29, 1.82) is 0 Å². The van der Waals surface area contributed by atoms with Crippen LogP contribution in [0.1, 0.15) is 57.7 Å². The fourth-order valence-electron chi connectivity index (χ4n) is 3.53. The lowest BCUT2D eigenvalue weighted by Gasteiger charge is -2.41. The number of carboxylic acids is 1. The van der Waals surface area contributed by atoms with Crippen molar-refractivity contribution in [2.24, 2.45) is 16.7 Å². The van der Waals surface area contributed by atoms with E-state index in [0.29, 0.717) is 12.3 Å². The number of carbonyl (C=O) groups is 1. The minimum atomic E-state index is -0.653. The SMILES string of the molecule is Cc1cccnc1CC1(C(=O)O)CCC(C(C)(C)C)CC1. The summed E-state index contributed by atoms with van der Waals surface area (Å²) in [5.41, 5.74) is 1.68. The van der Waals surface area contributed by atoms with Crippen LogP contribution >= 0.6 is 0 Å². The molecule has 0 spiro atoms. The summed E-state index contributed by atoms with van der Waals surface area (Å²) in [4.78, 5) is 16.3. The van der Waals surface area contributed by atoms with E-state index in [1.807, 2.05) is 19.1 Å². The van der Waals surface area contributed by atoms with E-state index in [9.17, 15) is 9.90 Å². The van der Waals surface area contributed by atoms with Crippen LogP contribution in [0.5, 0.6) is 0 Å². The quantitative estimate of drug-likeness (QED) is 0.905. The molecule has 116 valence electrons. The first kappa shape index (κ1) is 16.0. The van der Waals surface area contributed by atoms with E-state index in [1.54, 1.807) is 6.20 Å². The summed E-state index contributed by atoms with van der Waals surface area (Å²) in [5, 5.41) is 9.80. The molecule has 2 rings (SSSR count). The summed E-state index contributed by atoms with van der Waals surface area (Å²) in [6.45, 7) is 8.79. The predicted molar refractivity (Wildman–Crippen MR) is 84.2 cm³/mol. The maximum Gasteiger partial charge on any atom is 0.310 e. The summed E-state index contributed by atoms with van der Waals surface area (Å²) in [6.07, 6.45) is 5.86. The second-order valence-corrected chi connectivity index (χ2v) is 7.67. The molecule has 0 unspecified atom stereocenters. The zero-order valence-electron chi connectivity index (χ0n) is 13.6. The predicted octanol–water partition coefficient (Wildman–Crippen LogP) is 4.24. The molecule has 3 heteroatoms. The van der Waals surface area contributed by atoms with E-state index in [0.717, 1.165) is 36.9 Å². The summed E-state index contributed by atoms with van der Waals surface area (Å²) >= 11 is 0. The van der Waals surface area contributed by atoms with Crippen LogP contribution in [0, 0.1) is 23.7 Å². The van der Waals surface area contributed by atoms with Gasteiger partial charge in [-0.2, -0.15) is 0 Å². The number of aliphatic carboxylic acids is 1. The van der Waals surface area contributed by atoms with Gasteiger partial charge in [-0.15, -0.1) is 0 Å². The van der Waals surface area contributed by atoms with Gasteiger partial charge in [0.1, 0.15) is 0 Å². The van der Waals surface area contributed by atoms with Crippen LogP contribution in [-0.2, 0) is 11.2 Å². The van der Waals surface area contributed by atoms with Crippen LogP contribution in [0.15, 0.2) is 18.3 Å². The van der Waals surface area contributed by atoms with Crippen LogP contribution in [0.2, 0.25) is 0 Å². The number of pyridine rings is 1. The number of rotatable bonds is 3. The molecule has 1 aliphatic carbocycles. The van der Waals surface area contributed by atoms with Crippen LogP contribution in [0.4, 0.5) is 0 Å². The van der Waals surface area contributed by atoms with E-state index < -0.39 is 11.4 Å². The van der Waals surface area contributed by atoms with Gasteiger partial charge in [0.05, 0.1) is 5.41 Å². The van der Waals surface area contributed by atoms with Crippen LogP contribution < -0.4 is 0 Å². The Morgan fingerprint density at radius 1 is 1.38 bits per heavy atom. The Morgan fingerprint density at radius 2 is 2.00 bits per heavy atom. The van der Waals surface area contributed by atoms with Crippen molar-refractivity contribution < 1.29 is 9.90 Å². The number of carboxylic acid groups (broad SMARTS) is 1. The zero-order chi connectivity index (χ0) is 15.7. The van der Waals surface area contributed by atoms with E-state index in [-0.39, 0.29) is 5.41 Å². The summed E-state index contributed by atoms with van der Waals surface area (Å²) in [7, 11) is 0. The molecule has 0 aliphatic heterocycles. The number of nitrogens with zero attached hydrogens (tertiary/aromatic N) is 1. The molecule has 0 atom stereocenters. The van der Waals surface area contributed by atoms with E-state index in [2.05, 4.69) is 25.8 Å². The topological polar surface area (TPSA) is 50.2 Å². The minimum absolute atomic E-state index is 0.269. The number of aryl methyl sites for hydroxylation is 1. The van der Waals surface area contributed by atoms with Crippen molar-refractivity contribution in [3.05, 3.63) is 29.6 Å². The molecule has 0 radical (unpaired) electrons. The van der Waals surface area contributed by atoms with Gasteiger partial charge >= 0.3 is 5.97 Å². The third kappa shape index (κ3) is 3.45. The van der Waals surface area contributed by atoms with Crippen LogP contribution in [0.3, 0.4) is 0 Å². The molecular weight excluding hydrogens is 262 g/mol. The average molecular weight is 289 g/mol. The number of aromatic nitrogens is 1. The smallest absolute Gasteiger partial charge is 0.310 e. The lowest BCUT2D eigenvalue weighted by atomic mass is 9.62. The molecule has 0 aromatic carbocycles. The molecule has 1 N–H and O–H groups in total. The Morgan fingerprint density at radius 3 is 2.48 bits per heavy atom. The van der Waals surface area contributed by atoms with Crippen molar-refractivity contribution in [2.75, 3.05) is 0 Å². The van der Waals surface area contributed by atoms with Crippen molar-refractivity contribution in [3.63, 3.8) is 0 Å². The van der Waals surface area contributed by atoms with Crippen LogP contribution in [0.25, 0.3) is 0 Å². The Hall–Kier alpha value is -1.38. The van der Waals surface area contributed by atoms with E-state index in [4.69, 9.17) is 0 Å². The Labute approximate surface area is 127 Å². The summed E-state index contributed by atoms with van der Waals surface area (Å²) in [6, 6.07) is 3.92. The molecule has 0 bridgehead atoms. The monoisotopic (exact) mass is 289 g/mol. The molecule has 1 aromatic heterocycles. The summed E-state index contributed by atoms with van der Waals surface area (Å²) in [5.74, 6) is -0.0327. The first-order valence-electron chi connectivity index (χ1n) is 7.88. The Balaban J connectivity index is 2.17. The Bertz CT molecular complexity index is 508. The normalized spacial score (nSPS) is 26.6. The van der Waals surface area contributed by atoms with Crippen molar-refractivity contribution in [1.82, 2.24) is 4.98 Å². The van der Waals surface area contributed by atoms with Gasteiger partial charge in [0.2, 0.25) is 0 Å². The zero-order valence-corrected chi connectivity index (χ0v) is 13.6. The van der Waals surface area contributed by atoms with Gasteiger partial charge in [0.25, 0.3) is 0 Å². The lowest BCUT2D eigenvalue weighted by molar-refractivity contribution is -0.152. The van der Waals surface area contributed by atoms with Crippen molar-refractivity contribution in [2.45, 2.75) is 59.8 Å². The highest BCUT2D eigenvalue weighted by Crippen LogP contribution is 2.47. The Kier molecular flexibility index (Phi) is 4.40. The lowest BCUT2D eigenvalue weighted by Crippen LogP contribution is -2.40. The highest BCUT2D eigenvalue weighted by molar-refractivity contribution is 5.75. The summed E-state index contributed by atoms with van der Waals surface area (Å²) < 4.78 is 0. The van der Waals surface area contributed by atoms with E-state index >= 15 is 0 Å². The van der Waals surface area contributed by atoms with Gasteiger partial charge in [0, 0.05) is 18.3 Å². The molecule has 3 nitrogen and oxygen atoms in total. The average Bonchev–Trinajstić information content (AvgIpc) is 2.41. The molecule has 1 heterocycles. The molecule has 0 saturated heterocycles. The van der Waals surface area contributed by atoms with Crippen LogP contribution in [-0.4, -0.2) is 16.1 Å². The standard InChI is InChI=1S/C18H27NO2/c1-13-6-5-11-19-15(13)12-18(16(20)21)9-7-14(8-10-18)17(2,3)4/h5-6,11,14H,7-10,12H2,1-4H3,(H,20,21). The van der Waals surface area contributed by atoms with Gasteiger partial charge in [0.15, 0.2) is 0 Å². The largest absolute Gasteiger partial charge is 0.481 e. The van der Waals surface area contributed by atoms with Gasteiger partial charge in [-0.25, -0.2) is 0 Å². The van der Waals surface area contributed by atoms with Gasteiger partial charge < -0.3 is 5.11 Å². The number of hydrogen-bond donors (Lipinski definition) is 1. The highest BCUT2D eigenvalue weighted by Gasteiger charge is 2.44. The third-order valence-corrected chi connectivity index (χ3v) is 5.24. The molecule has 0 amide bonds. The first-order chi connectivity index (χ1) is 9.74. The number of hydrogen-bond acceptors (Lipinski definition) is 2. The molecule has 1 saturated carbocycles. The van der Waals surface area contributed by atoms with Gasteiger partial charge in [-0.1, -0.05) is 26.8 Å². The second-order valence-electron chi connectivity index (χ2n) is 7.67. The first-order valence-corrected chi connectivity index (χ1v) is 7.88. The molecular formula is C18H27NO2. The minimum Gasteiger partial charge on any atom is -0.481 e. The molecule has 1 aromatic rings. The molecule has 1 aliphatic rings. The second kappa shape index (κ2) is 5.78. The van der Waals surface area contributed by atoms with Gasteiger partial charge in [-0.05, 0) is 55.6 Å². The highest BCUT2D eigenvalue weighted by atomic mass is 16.4.